The van der Waals surface area contributed by atoms with Crippen LogP contribution < -0.4 is 0 Å². The molecule has 0 aromatic carbocycles. The molecular weight excluding hydrogens is 1220 g/mol. The van der Waals surface area contributed by atoms with E-state index >= 15 is 0 Å². The zero-order valence-electron chi connectivity index (χ0n) is 60.9. The minimum atomic E-state index is -4.96. The first-order chi connectivity index (χ1) is 44.7. The maximum Gasteiger partial charge on any atom is 0.472 e. The van der Waals surface area contributed by atoms with E-state index < -0.39 is 97.5 Å². The summed E-state index contributed by atoms with van der Waals surface area (Å²) in [6.45, 7) is 14.2. The molecule has 5 unspecified atom stereocenters. The molecule has 0 saturated carbocycles. The fourth-order valence-corrected chi connectivity index (χ4v) is 12.7. The van der Waals surface area contributed by atoms with Gasteiger partial charge in [-0.25, -0.2) is 9.13 Å². The lowest BCUT2D eigenvalue weighted by molar-refractivity contribution is -0.161. The summed E-state index contributed by atoms with van der Waals surface area (Å²) in [6.07, 6.45) is 47.2. The van der Waals surface area contributed by atoms with E-state index in [0.717, 1.165) is 120 Å². The number of phosphoric ester groups is 2. The van der Waals surface area contributed by atoms with Crippen LogP contribution in [-0.4, -0.2) is 96.7 Å². The molecule has 0 heterocycles. The lowest BCUT2D eigenvalue weighted by Gasteiger charge is -2.21. The molecule has 8 atom stereocenters. The monoisotopic (exact) mass is 1370 g/mol. The molecule has 0 aromatic rings. The third kappa shape index (κ3) is 64.5. The SMILES string of the molecule is CCC(C)CCCCCCCCCCCCCCCCC(=O)OC[C@H](COP(=O)(O)OC[C@@H](O)COP(=O)(O)OC[C@@H](COC(=O)CCCCCCCCC(C)CC)OC(=O)CCCCCCCCC(C)CC)OC(=O)CCCCCCCCCCCCCCC(C)C. The highest BCUT2D eigenvalue weighted by atomic mass is 31.2. The van der Waals surface area contributed by atoms with Crippen molar-refractivity contribution in [3.63, 3.8) is 0 Å². The number of carbonyl (C=O) groups excluding carboxylic acids is 4. The molecule has 17 nitrogen and oxygen atoms in total. The Hall–Kier alpha value is -1.94. The average Bonchev–Trinajstić information content (AvgIpc) is 3.38. The maximum atomic E-state index is 13.1. The Labute approximate surface area is 568 Å². The quantitative estimate of drug-likeness (QED) is 0.0222. The van der Waals surface area contributed by atoms with Crippen LogP contribution in [0, 0.1) is 23.7 Å². The number of aliphatic hydroxyl groups excluding tert-OH is 1. The van der Waals surface area contributed by atoms with Gasteiger partial charge >= 0.3 is 39.5 Å². The van der Waals surface area contributed by atoms with Crippen LogP contribution in [0.25, 0.3) is 0 Å². The van der Waals surface area contributed by atoms with Crippen LogP contribution in [0.3, 0.4) is 0 Å². The van der Waals surface area contributed by atoms with E-state index in [-0.39, 0.29) is 25.7 Å². The van der Waals surface area contributed by atoms with Gasteiger partial charge in [-0.2, -0.15) is 0 Å². The summed E-state index contributed by atoms with van der Waals surface area (Å²) in [6, 6.07) is 0. The lowest BCUT2D eigenvalue weighted by Crippen LogP contribution is -2.30. The average molecular weight is 1370 g/mol. The van der Waals surface area contributed by atoms with Crippen LogP contribution in [0.2, 0.25) is 0 Å². The summed E-state index contributed by atoms with van der Waals surface area (Å²) < 4.78 is 68.4. The summed E-state index contributed by atoms with van der Waals surface area (Å²) in [5.41, 5.74) is 0. The van der Waals surface area contributed by atoms with Gasteiger partial charge in [0.05, 0.1) is 26.4 Å². The van der Waals surface area contributed by atoms with Crippen molar-refractivity contribution in [2.75, 3.05) is 39.6 Å². The molecule has 0 aromatic heterocycles. The largest absolute Gasteiger partial charge is 0.472 e. The molecule has 0 fully saturated rings. The third-order valence-electron chi connectivity index (χ3n) is 18.2. The van der Waals surface area contributed by atoms with E-state index in [0.29, 0.717) is 25.7 Å². The van der Waals surface area contributed by atoms with E-state index in [2.05, 4.69) is 55.4 Å². The smallest absolute Gasteiger partial charge is 0.462 e. The Balaban J connectivity index is 5.24. The molecule has 0 rings (SSSR count). The summed E-state index contributed by atoms with van der Waals surface area (Å²) in [5.74, 6) is 0.950. The maximum absolute atomic E-state index is 13.1. The second-order valence-electron chi connectivity index (χ2n) is 27.9. The molecule has 0 amide bonds. The van der Waals surface area contributed by atoms with Crippen LogP contribution in [0.4, 0.5) is 0 Å². The zero-order valence-corrected chi connectivity index (χ0v) is 62.7. The highest BCUT2D eigenvalue weighted by Crippen LogP contribution is 2.45. The van der Waals surface area contributed by atoms with Gasteiger partial charge in [0, 0.05) is 25.7 Å². The molecule has 0 bridgehead atoms. The molecule has 0 aliphatic rings. The van der Waals surface area contributed by atoms with Crippen LogP contribution in [0.1, 0.15) is 370 Å². The number of unbranched alkanes of at least 4 members (excludes halogenated alkanes) is 34. The second kappa shape index (κ2) is 63.5. The van der Waals surface area contributed by atoms with Crippen molar-refractivity contribution in [1.29, 1.82) is 0 Å². The normalized spacial score (nSPS) is 15.1. The Bertz CT molecular complexity index is 1840. The molecule has 0 saturated heterocycles. The van der Waals surface area contributed by atoms with E-state index in [1.165, 1.54) is 167 Å². The zero-order chi connectivity index (χ0) is 68.9. The minimum absolute atomic E-state index is 0.102. The van der Waals surface area contributed by atoms with Crippen molar-refractivity contribution in [3.8, 4) is 0 Å². The van der Waals surface area contributed by atoms with E-state index in [1.54, 1.807) is 0 Å². The van der Waals surface area contributed by atoms with Gasteiger partial charge in [-0.05, 0) is 49.4 Å². The van der Waals surface area contributed by atoms with Gasteiger partial charge in [-0.1, -0.05) is 319 Å². The van der Waals surface area contributed by atoms with Crippen molar-refractivity contribution in [3.05, 3.63) is 0 Å². The van der Waals surface area contributed by atoms with Crippen LogP contribution >= 0.6 is 15.6 Å². The van der Waals surface area contributed by atoms with Gasteiger partial charge in [-0.3, -0.25) is 37.3 Å². The molecule has 0 spiro atoms. The number of carbonyl (C=O) groups is 4. The predicted molar refractivity (Wildman–Crippen MR) is 377 cm³/mol. The van der Waals surface area contributed by atoms with E-state index in [4.69, 9.17) is 37.0 Å². The molecule has 19 heteroatoms. The van der Waals surface area contributed by atoms with Gasteiger partial charge < -0.3 is 33.8 Å². The molecule has 0 radical (unpaired) electrons. The van der Waals surface area contributed by atoms with Crippen molar-refractivity contribution < 1.29 is 80.2 Å². The Kier molecular flexibility index (Phi) is 62.2. The highest BCUT2D eigenvalue weighted by molar-refractivity contribution is 7.47. The number of rotatable bonds is 71. The number of hydrogen-bond acceptors (Lipinski definition) is 15. The van der Waals surface area contributed by atoms with Crippen LogP contribution in [-0.2, 0) is 65.4 Å². The number of aliphatic hydroxyl groups is 1. The van der Waals surface area contributed by atoms with Gasteiger partial charge in [0.1, 0.15) is 19.3 Å². The minimum Gasteiger partial charge on any atom is -0.462 e. The Morgan fingerprint density at radius 2 is 0.516 bits per heavy atom. The van der Waals surface area contributed by atoms with Crippen LogP contribution in [0.15, 0.2) is 0 Å². The number of phosphoric acid groups is 2. The molecule has 0 aliphatic carbocycles. The van der Waals surface area contributed by atoms with E-state index in [1.807, 2.05) is 0 Å². The van der Waals surface area contributed by atoms with Crippen molar-refractivity contribution in [1.82, 2.24) is 0 Å². The first kappa shape index (κ1) is 91.1. The molecule has 3 N–H and O–H groups in total. The third-order valence-corrected chi connectivity index (χ3v) is 20.1. The number of hydrogen-bond donors (Lipinski definition) is 3. The van der Waals surface area contributed by atoms with Gasteiger partial charge in [0.15, 0.2) is 12.2 Å². The Morgan fingerprint density at radius 1 is 0.301 bits per heavy atom. The summed E-state index contributed by atoms with van der Waals surface area (Å²) in [7, 11) is -9.91. The van der Waals surface area contributed by atoms with Gasteiger partial charge in [-0.15, -0.1) is 0 Å². The fourth-order valence-electron chi connectivity index (χ4n) is 11.1. The Morgan fingerprint density at radius 3 is 0.763 bits per heavy atom. The molecular formula is C74H144O17P2. The summed E-state index contributed by atoms with van der Waals surface area (Å²) >= 11 is 0. The van der Waals surface area contributed by atoms with Gasteiger partial charge in [0.25, 0.3) is 0 Å². The molecule has 552 valence electrons. The number of ether oxygens (including phenoxy) is 4. The lowest BCUT2D eigenvalue weighted by atomic mass is 9.99. The first-order valence-electron chi connectivity index (χ1n) is 38.3. The van der Waals surface area contributed by atoms with Crippen LogP contribution in [0.5, 0.6) is 0 Å². The van der Waals surface area contributed by atoms with Crippen molar-refractivity contribution in [2.45, 2.75) is 388 Å². The highest BCUT2D eigenvalue weighted by Gasteiger charge is 2.30. The van der Waals surface area contributed by atoms with E-state index in [9.17, 15) is 43.2 Å². The fraction of sp³-hybridized carbons (Fsp3) is 0.946. The van der Waals surface area contributed by atoms with Crippen molar-refractivity contribution in [2.24, 2.45) is 23.7 Å². The standard InChI is InChI=1S/C74H144O17P2/c1-9-65(6)51-43-35-27-23-19-14-12-13-15-20-24-28-38-46-54-71(76)84-60-69(90-73(78)56-48-40-29-25-21-17-16-18-22-26-34-42-50-64(4)5)62-88-92(80,81)86-58-68(75)59-87-93(82,83)89-63-70(91-74(79)57-49-41-33-31-37-45-53-67(8)11-3)61-85-72(77)55-47-39-32-30-36-44-52-66(7)10-2/h64-70,75H,9-63H2,1-8H3,(H,80,81)(H,82,83)/t65?,66?,67?,68-,69-,70-/m1/s1. The molecule has 0 aliphatic heterocycles. The topological polar surface area (TPSA) is 237 Å². The van der Waals surface area contributed by atoms with Crippen molar-refractivity contribution >= 4 is 39.5 Å². The second-order valence-corrected chi connectivity index (χ2v) is 30.8. The molecule has 93 heavy (non-hydrogen) atoms. The number of esters is 4. The van der Waals surface area contributed by atoms with Gasteiger partial charge in [0.2, 0.25) is 0 Å². The summed E-state index contributed by atoms with van der Waals surface area (Å²) in [4.78, 5) is 72.7. The predicted octanol–water partition coefficient (Wildman–Crippen LogP) is 21.3. The first-order valence-corrected chi connectivity index (χ1v) is 41.3. The summed E-state index contributed by atoms with van der Waals surface area (Å²) in [5, 5.41) is 10.6.